The van der Waals surface area contributed by atoms with E-state index in [-0.39, 0.29) is 12.5 Å². The van der Waals surface area contributed by atoms with Crippen LogP contribution in [0.25, 0.3) is 10.2 Å². The van der Waals surface area contributed by atoms with Crippen LogP contribution in [0.2, 0.25) is 10.0 Å². The quantitative estimate of drug-likeness (QED) is 0.653. The molecule has 0 radical (unpaired) electrons. The first-order valence-corrected chi connectivity index (χ1v) is 10.2. The van der Waals surface area contributed by atoms with Crippen molar-refractivity contribution in [2.75, 3.05) is 23.8 Å². The van der Waals surface area contributed by atoms with Crippen molar-refractivity contribution in [2.45, 2.75) is 26.2 Å². The molecule has 5 nitrogen and oxygen atoms in total. The number of anilines is 2. The zero-order valence-electron chi connectivity index (χ0n) is 15.0. The van der Waals surface area contributed by atoms with Gasteiger partial charge in [-0.1, -0.05) is 29.3 Å². The highest BCUT2D eigenvalue weighted by Crippen LogP contribution is 2.40. The lowest BCUT2D eigenvalue weighted by atomic mass is 10.2. The largest absolute Gasteiger partial charge is 0.350 e. The number of thiophene rings is 1. The lowest BCUT2D eigenvalue weighted by Crippen LogP contribution is -2.31. The number of aromatic nitrogens is 2. The fourth-order valence-corrected chi connectivity index (χ4v) is 5.24. The molecule has 3 aromatic rings. The second kappa shape index (κ2) is 7.26. The smallest absolute Gasteiger partial charge is 0.244 e. The molecule has 2 heterocycles. The molecule has 0 saturated carbocycles. The molecule has 8 heteroatoms. The number of benzene rings is 1. The molecule has 27 heavy (non-hydrogen) atoms. The van der Waals surface area contributed by atoms with Crippen molar-refractivity contribution >= 4 is 62.2 Å². The van der Waals surface area contributed by atoms with Crippen LogP contribution in [-0.2, 0) is 17.6 Å². The Morgan fingerprint density at radius 1 is 1.26 bits per heavy atom. The number of hydrogen-bond donors (Lipinski definition) is 1. The van der Waals surface area contributed by atoms with Crippen LogP contribution in [0.5, 0.6) is 0 Å². The summed E-state index contributed by atoms with van der Waals surface area (Å²) in [6.07, 6.45) is 3.31. The minimum Gasteiger partial charge on any atom is -0.350 e. The Kier molecular flexibility index (Phi) is 4.97. The lowest BCUT2D eigenvalue weighted by Gasteiger charge is -2.20. The molecule has 0 aliphatic heterocycles. The average molecular weight is 421 g/mol. The van der Waals surface area contributed by atoms with Gasteiger partial charge in [0, 0.05) is 11.9 Å². The fraction of sp³-hybridized carbons (Fsp3) is 0.316. The van der Waals surface area contributed by atoms with Crippen LogP contribution < -0.4 is 10.2 Å². The van der Waals surface area contributed by atoms with Crippen LogP contribution in [0.4, 0.5) is 11.5 Å². The van der Waals surface area contributed by atoms with E-state index in [1.807, 2.05) is 18.9 Å². The van der Waals surface area contributed by atoms with Gasteiger partial charge in [-0.15, -0.1) is 11.3 Å². The van der Waals surface area contributed by atoms with E-state index in [4.69, 9.17) is 23.2 Å². The molecule has 0 unspecified atom stereocenters. The van der Waals surface area contributed by atoms with Gasteiger partial charge in [-0.25, -0.2) is 9.97 Å². The van der Waals surface area contributed by atoms with E-state index in [1.165, 1.54) is 16.9 Å². The number of amides is 1. The van der Waals surface area contributed by atoms with Crippen LogP contribution >= 0.6 is 34.5 Å². The molecule has 4 rings (SSSR count). The number of para-hydroxylation sites is 1. The second-order valence-corrected chi connectivity index (χ2v) is 8.53. The summed E-state index contributed by atoms with van der Waals surface area (Å²) in [4.78, 5) is 26.1. The van der Waals surface area contributed by atoms with E-state index in [2.05, 4.69) is 15.3 Å². The van der Waals surface area contributed by atoms with E-state index >= 15 is 0 Å². The molecule has 1 N–H and O–H groups in total. The topological polar surface area (TPSA) is 58.1 Å². The molecular formula is C19H18Cl2N4OS. The summed E-state index contributed by atoms with van der Waals surface area (Å²) in [6, 6.07) is 5.13. The van der Waals surface area contributed by atoms with Crippen molar-refractivity contribution in [3.63, 3.8) is 0 Å². The molecule has 0 atom stereocenters. The summed E-state index contributed by atoms with van der Waals surface area (Å²) in [7, 11) is 1.87. The maximum Gasteiger partial charge on any atom is 0.244 e. The van der Waals surface area contributed by atoms with E-state index in [9.17, 15) is 4.79 Å². The minimum absolute atomic E-state index is 0.137. The molecule has 2 aromatic heterocycles. The molecule has 1 amide bonds. The van der Waals surface area contributed by atoms with Crippen molar-refractivity contribution in [1.82, 2.24) is 9.97 Å². The van der Waals surface area contributed by atoms with Gasteiger partial charge in [0.25, 0.3) is 0 Å². The third-order valence-corrected chi connectivity index (χ3v) is 6.44. The molecule has 0 bridgehead atoms. The van der Waals surface area contributed by atoms with Crippen LogP contribution in [0.1, 0.15) is 22.7 Å². The molecule has 0 fully saturated rings. The van der Waals surface area contributed by atoms with Gasteiger partial charge in [-0.05, 0) is 43.9 Å². The highest BCUT2D eigenvalue weighted by Gasteiger charge is 2.24. The summed E-state index contributed by atoms with van der Waals surface area (Å²) in [5.74, 6) is 1.31. The zero-order valence-corrected chi connectivity index (χ0v) is 17.3. The number of halogens is 2. The van der Waals surface area contributed by atoms with Gasteiger partial charge in [-0.3, -0.25) is 4.79 Å². The van der Waals surface area contributed by atoms with E-state index < -0.39 is 0 Å². The van der Waals surface area contributed by atoms with Crippen molar-refractivity contribution in [2.24, 2.45) is 0 Å². The predicted octanol–water partition coefficient (Wildman–Crippen LogP) is 4.87. The molecule has 0 spiro atoms. The number of rotatable bonds is 4. The van der Waals surface area contributed by atoms with Gasteiger partial charge in [0.2, 0.25) is 5.91 Å². The SMILES string of the molecule is Cc1nc(N(C)CC(=O)Nc2c(Cl)cccc2Cl)c2c3c(sc2n1)CCC3. The van der Waals surface area contributed by atoms with Crippen LogP contribution in [-0.4, -0.2) is 29.5 Å². The van der Waals surface area contributed by atoms with Crippen molar-refractivity contribution in [3.8, 4) is 0 Å². The first-order valence-electron chi connectivity index (χ1n) is 8.68. The highest BCUT2D eigenvalue weighted by molar-refractivity contribution is 7.19. The Hall–Kier alpha value is -1.89. The van der Waals surface area contributed by atoms with E-state index in [1.54, 1.807) is 29.5 Å². The first kappa shape index (κ1) is 18.5. The zero-order chi connectivity index (χ0) is 19.1. The number of aryl methyl sites for hydroxylation is 3. The van der Waals surface area contributed by atoms with Crippen molar-refractivity contribution in [1.29, 1.82) is 0 Å². The summed E-state index contributed by atoms with van der Waals surface area (Å²) in [6.45, 7) is 2.02. The highest BCUT2D eigenvalue weighted by atomic mass is 35.5. The van der Waals surface area contributed by atoms with Gasteiger partial charge in [-0.2, -0.15) is 0 Å². The summed E-state index contributed by atoms with van der Waals surface area (Å²) < 4.78 is 0. The van der Waals surface area contributed by atoms with Crippen LogP contribution in [0.3, 0.4) is 0 Å². The summed E-state index contributed by atoms with van der Waals surface area (Å²) in [5.41, 5.74) is 1.77. The van der Waals surface area contributed by atoms with Crippen LogP contribution in [0.15, 0.2) is 18.2 Å². The van der Waals surface area contributed by atoms with Gasteiger partial charge in [0.1, 0.15) is 16.5 Å². The fourth-order valence-electron chi connectivity index (χ4n) is 3.44. The molecule has 1 aliphatic rings. The Labute approximate surface area is 171 Å². The molecule has 1 aliphatic carbocycles. The monoisotopic (exact) mass is 420 g/mol. The maximum absolute atomic E-state index is 12.6. The van der Waals surface area contributed by atoms with Gasteiger partial charge >= 0.3 is 0 Å². The van der Waals surface area contributed by atoms with Gasteiger partial charge in [0.05, 0.1) is 27.7 Å². The maximum atomic E-state index is 12.6. The summed E-state index contributed by atoms with van der Waals surface area (Å²) >= 11 is 14.0. The molecule has 0 saturated heterocycles. The number of nitrogens with one attached hydrogen (secondary N) is 1. The summed E-state index contributed by atoms with van der Waals surface area (Å²) in [5, 5.41) is 4.71. The van der Waals surface area contributed by atoms with Gasteiger partial charge in [0.15, 0.2) is 0 Å². The van der Waals surface area contributed by atoms with Crippen LogP contribution in [0, 0.1) is 6.92 Å². The third kappa shape index (κ3) is 3.49. The number of carbonyl (C=O) groups is 1. The Morgan fingerprint density at radius 3 is 2.74 bits per heavy atom. The lowest BCUT2D eigenvalue weighted by molar-refractivity contribution is -0.114. The number of fused-ring (bicyclic) bond motifs is 3. The van der Waals surface area contributed by atoms with E-state index in [0.717, 1.165) is 28.9 Å². The average Bonchev–Trinajstić information content (AvgIpc) is 3.18. The molecular weight excluding hydrogens is 403 g/mol. The molecule has 1 aromatic carbocycles. The number of carbonyl (C=O) groups excluding carboxylic acids is 1. The number of hydrogen-bond acceptors (Lipinski definition) is 5. The standard InChI is InChI=1S/C19H18Cl2N4OS/c1-10-22-18(16-11-5-3-8-14(11)27-19(16)23-10)25(2)9-15(26)24-17-12(20)6-4-7-13(17)21/h4,6-7H,3,5,8-9H2,1-2H3,(H,24,26). The predicted molar refractivity (Wildman–Crippen MR) is 113 cm³/mol. The Bertz CT molecular complexity index is 1030. The van der Waals surface area contributed by atoms with Crippen molar-refractivity contribution < 1.29 is 4.79 Å². The minimum atomic E-state index is -0.205. The molecule has 140 valence electrons. The number of likely N-dealkylation sites (N-methyl/N-ethyl adjacent to an activating group) is 1. The van der Waals surface area contributed by atoms with Crippen molar-refractivity contribution in [3.05, 3.63) is 44.5 Å². The second-order valence-electron chi connectivity index (χ2n) is 6.63. The normalized spacial score (nSPS) is 13.0. The Balaban J connectivity index is 1.61. The Morgan fingerprint density at radius 2 is 2.00 bits per heavy atom. The third-order valence-electron chi connectivity index (χ3n) is 4.63. The van der Waals surface area contributed by atoms with Gasteiger partial charge < -0.3 is 10.2 Å². The van der Waals surface area contributed by atoms with E-state index in [0.29, 0.717) is 21.6 Å². The first-order chi connectivity index (χ1) is 12.9. The number of nitrogens with zero attached hydrogens (tertiary/aromatic N) is 3.